The van der Waals surface area contributed by atoms with Crippen LogP contribution in [0.2, 0.25) is 0 Å². The van der Waals surface area contributed by atoms with Gasteiger partial charge in [0.25, 0.3) is 0 Å². The number of hydrogen-bond acceptors (Lipinski definition) is 1. The number of aliphatic carboxylic acids is 1. The number of halogens is 1. The van der Waals surface area contributed by atoms with Gasteiger partial charge in [0.15, 0.2) is 0 Å². The fraction of sp³-hybridized carbons (Fsp3) is 0.364. The second kappa shape index (κ2) is 4.74. The minimum absolute atomic E-state index is 0.135. The van der Waals surface area contributed by atoms with Gasteiger partial charge in [0.1, 0.15) is 5.82 Å². The highest BCUT2D eigenvalue weighted by molar-refractivity contribution is 5.66. The fourth-order valence-corrected chi connectivity index (χ4v) is 1.35. The van der Waals surface area contributed by atoms with Crippen LogP contribution in [-0.2, 0) is 11.2 Å². The van der Waals surface area contributed by atoms with Gasteiger partial charge in [-0.1, -0.05) is 12.1 Å². The van der Waals surface area contributed by atoms with Gasteiger partial charge in [-0.05, 0) is 37.0 Å². The van der Waals surface area contributed by atoms with Crippen molar-refractivity contribution in [3.63, 3.8) is 0 Å². The molecule has 0 heterocycles. The van der Waals surface area contributed by atoms with Crippen molar-refractivity contribution in [2.75, 3.05) is 0 Å². The van der Waals surface area contributed by atoms with Gasteiger partial charge in [-0.2, -0.15) is 0 Å². The Balaban J connectivity index is 2.59. The average molecular weight is 196 g/mol. The van der Waals surface area contributed by atoms with Crippen molar-refractivity contribution < 1.29 is 14.3 Å². The summed E-state index contributed by atoms with van der Waals surface area (Å²) in [4.78, 5) is 10.3. The summed E-state index contributed by atoms with van der Waals surface area (Å²) < 4.78 is 13.0. The number of carboxylic acids is 1. The first-order valence-corrected chi connectivity index (χ1v) is 4.57. The van der Waals surface area contributed by atoms with Crippen LogP contribution in [0.3, 0.4) is 0 Å². The quantitative estimate of drug-likeness (QED) is 0.803. The Morgan fingerprint density at radius 1 is 1.50 bits per heavy atom. The van der Waals surface area contributed by atoms with Crippen LogP contribution >= 0.6 is 0 Å². The molecule has 0 spiro atoms. The summed E-state index contributed by atoms with van der Waals surface area (Å²) in [6.07, 6.45) is 1.31. The molecule has 1 aromatic rings. The number of carbonyl (C=O) groups is 1. The molecule has 0 unspecified atom stereocenters. The second-order valence-corrected chi connectivity index (χ2v) is 3.27. The van der Waals surface area contributed by atoms with Gasteiger partial charge in [0.05, 0.1) is 0 Å². The Bertz CT molecular complexity index is 334. The summed E-state index contributed by atoms with van der Waals surface area (Å²) in [5.74, 6) is -1.03. The van der Waals surface area contributed by atoms with Crippen LogP contribution in [0.4, 0.5) is 4.39 Å². The van der Waals surface area contributed by atoms with Gasteiger partial charge in [-0.25, -0.2) is 4.39 Å². The van der Waals surface area contributed by atoms with E-state index in [-0.39, 0.29) is 12.2 Å². The lowest BCUT2D eigenvalue weighted by Crippen LogP contribution is -1.98. The molecule has 1 N–H and O–H groups in total. The van der Waals surface area contributed by atoms with E-state index < -0.39 is 5.97 Å². The van der Waals surface area contributed by atoms with Gasteiger partial charge in [0, 0.05) is 6.42 Å². The zero-order chi connectivity index (χ0) is 10.6. The predicted octanol–water partition coefficient (Wildman–Crippen LogP) is 2.54. The first-order chi connectivity index (χ1) is 6.61. The van der Waals surface area contributed by atoms with Crippen molar-refractivity contribution >= 4 is 5.97 Å². The SMILES string of the molecule is Cc1c(F)cccc1CCCC(=O)O. The Morgan fingerprint density at radius 3 is 2.86 bits per heavy atom. The summed E-state index contributed by atoms with van der Waals surface area (Å²) in [5, 5.41) is 8.44. The van der Waals surface area contributed by atoms with E-state index in [1.54, 1.807) is 13.0 Å². The summed E-state index contributed by atoms with van der Waals surface area (Å²) in [6.45, 7) is 1.71. The number of benzene rings is 1. The molecule has 1 aromatic carbocycles. The van der Waals surface area contributed by atoms with Crippen LogP contribution in [0.5, 0.6) is 0 Å². The Kier molecular flexibility index (Phi) is 3.63. The van der Waals surface area contributed by atoms with Crippen molar-refractivity contribution in [2.24, 2.45) is 0 Å². The number of rotatable bonds is 4. The molecule has 0 bridgehead atoms. The van der Waals surface area contributed by atoms with Crippen LogP contribution in [0.25, 0.3) is 0 Å². The first kappa shape index (κ1) is 10.7. The topological polar surface area (TPSA) is 37.3 Å². The van der Waals surface area contributed by atoms with Crippen molar-refractivity contribution in [2.45, 2.75) is 26.2 Å². The Morgan fingerprint density at radius 2 is 2.21 bits per heavy atom. The zero-order valence-electron chi connectivity index (χ0n) is 8.09. The molecule has 0 fully saturated rings. The maximum Gasteiger partial charge on any atom is 0.303 e. The molecule has 0 aliphatic rings. The van der Waals surface area contributed by atoms with Crippen LogP contribution in [0.15, 0.2) is 18.2 Å². The first-order valence-electron chi connectivity index (χ1n) is 4.57. The smallest absolute Gasteiger partial charge is 0.303 e. The molecular formula is C11H13FO2. The molecule has 0 aliphatic carbocycles. The highest BCUT2D eigenvalue weighted by Gasteiger charge is 2.04. The third kappa shape index (κ3) is 2.83. The van der Waals surface area contributed by atoms with Crippen LogP contribution in [0.1, 0.15) is 24.0 Å². The number of aryl methyl sites for hydroxylation is 1. The highest BCUT2D eigenvalue weighted by atomic mass is 19.1. The maximum atomic E-state index is 13.0. The lowest BCUT2D eigenvalue weighted by molar-refractivity contribution is -0.137. The maximum absolute atomic E-state index is 13.0. The van der Waals surface area contributed by atoms with Gasteiger partial charge in [0.2, 0.25) is 0 Å². The third-order valence-corrected chi connectivity index (χ3v) is 2.22. The molecule has 0 aliphatic heterocycles. The van der Waals surface area contributed by atoms with Crippen LogP contribution in [0, 0.1) is 12.7 Å². The molecule has 76 valence electrons. The minimum atomic E-state index is -0.806. The molecule has 0 amide bonds. The van der Waals surface area contributed by atoms with Gasteiger partial charge < -0.3 is 5.11 Å². The van der Waals surface area contributed by atoms with E-state index in [0.717, 1.165) is 5.56 Å². The normalized spacial score (nSPS) is 10.1. The monoisotopic (exact) mass is 196 g/mol. The van der Waals surface area contributed by atoms with E-state index in [1.165, 1.54) is 6.07 Å². The summed E-state index contributed by atoms with van der Waals surface area (Å²) in [7, 11) is 0. The fourth-order valence-electron chi connectivity index (χ4n) is 1.35. The van der Waals surface area contributed by atoms with E-state index in [2.05, 4.69) is 0 Å². The lowest BCUT2D eigenvalue weighted by atomic mass is 10.0. The molecule has 0 saturated heterocycles. The van der Waals surface area contributed by atoms with Gasteiger partial charge >= 0.3 is 5.97 Å². The molecule has 3 heteroatoms. The van der Waals surface area contributed by atoms with Crippen molar-refractivity contribution in [1.82, 2.24) is 0 Å². The van der Waals surface area contributed by atoms with E-state index >= 15 is 0 Å². The highest BCUT2D eigenvalue weighted by Crippen LogP contribution is 2.14. The zero-order valence-corrected chi connectivity index (χ0v) is 8.09. The number of hydrogen-bond donors (Lipinski definition) is 1. The largest absolute Gasteiger partial charge is 0.481 e. The summed E-state index contributed by atoms with van der Waals surface area (Å²) in [5.41, 5.74) is 1.52. The van der Waals surface area contributed by atoms with Crippen molar-refractivity contribution in [3.05, 3.63) is 35.1 Å². The predicted molar refractivity (Wildman–Crippen MR) is 51.7 cm³/mol. The Hall–Kier alpha value is -1.38. The van der Waals surface area contributed by atoms with E-state index in [1.807, 2.05) is 6.07 Å². The third-order valence-electron chi connectivity index (χ3n) is 2.22. The molecule has 0 radical (unpaired) electrons. The van der Waals surface area contributed by atoms with Crippen molar-refractivity contribution in [1.29, 1.82) is 0 Å². The summed E-state index contributed by atoms with van der Waals surface area (Å²) in [6, 6.07) is 4.90. The molecule has 0 aromatic heterocycles. The van der Waals surface area contributed by atoms with E-state index in [9.17, 15) is 9.18 Å². The molecule has 1 rings (SSSR count). The lowest BCUT2D eigenvalue weighted by Gasteiger charge is -2.04. The average Bonchev–Trinajstić information content (AvgIpc) is 2.12. The molecule has 0 saturated carbocycles. The van der Waals surface area contributed by atoms with Gasteiger partial charge in [-0.15, -0.1) is 0 Å². The standard InChI is InChI=1S/C11H13FO2/c1-8-9(4-2-6-10(8)12)5-3-7-11(13)14/h2,4,6H,3,5,7H2,1H3,(H,13,14). The summed E-state index contributed by atoms with van der Waals surface area (Å²) >= 11 is 0. The second-order valence-electron chi connectivity index (χ2n) is 3.27. The van der Waals surface area contributed by atoms with Crippen LogP contribution < -0.4 is 0 Å². The molecule has 14 heavy (non-hydrogen) atoms. The van der Waals surface area contributed by atoms with Crippen LogP contribution in [-0.4, -0.2) is 11.1 Å². The van der Waals surface area contributed by atoms with Gasteiger partial charge in [-0.3, -0.25) is 4.79 Å². The molecule has 0 atom stereocenters. The van der Waals surface area contributed by atoms with E-state index in [0.29, 0.717) is 18.4 Å². The molecule has 2 nitrogen and oxygen atoms in total. The minimum Gasteiger partial charge on any atom is -0.481 e. The van der Waals surface area contributed by atoms with E-state index in [4.69, 9.17) is 5.11 Å². The van der Waals surface area contributed by atoms with Crippen molar-refractivity contribution in [3.8, 4) is 0 Å². The number of carboxylic acid groups (broad SMARTS) is 1. The Labute approximate surface area is 82.4 Å². The molecular weight excluding hydrogens is 183 g/mol.